The van der Waals surface area contributed by atoms with Gasteiger partial charge in [0, 0.05) is 29.4 Å². The fourth-order valence-electron chi connectivity index (χ4n) is 4.79. The maximum Gasteiger partial charge on any atom is 0.337 e. The van der Waals surface area contributed by atoms with E-state index in [1.54, 1.807) is 23.5 Å². The van der Waals surface area contributed by atoms with Crippen LogP contribution in [0, 0.1) is 6.92 Å². The van der Waals surface area contributed by atoms with Crippen molar-refractivity contribution in [3.63, 3.8) is 0 Å². The summed E-state index contributed by atoms with van der Waals surface area (Å²) in [7, 11) is 1.37. The van der Waals surface area contributed by atoms with E-state index in [4.69, 9.17) is 30.5 Å². The molecule has 0 radical (unpaired) electrons. The highest BCUT2D eigenvalue weighted by Crippen LogP contribution is 2.32. The van der Waals surface area contributed by atoms with Crippen molar-refractivity contribution in [3.05, 3.63) is 117 Å². The summed E-state index contributed by atoms with van der Waals surface area (Å²) < 4.78 is 22.6. The molecule has 1 aromatic heterocycles. The number of halogens is 1. The van der Waals surface area contributed by atoms with Crippen LogP contribution in [0.1, 0.15) is 64.2 Å². The molecule has 0 aliphatic rings. The van der Waals surface area contributed by atoms with E-state index in [-0.39, 0.29) is 18.0 Å². The van der Waals surface area contributed by atoms with Crippen molar-refractivity contribution in [2.75, 3.05) is 26.8 Å². The number of benzene rings is 3. The molecule has 0 aliphatic carbocycles. The fraction of sp³-hybridized carbons (Fsp3) is 0.333. The minimum absolute atomic E-state index is 0.177. The van der Waals surface area contributed by atoms with Gasteiger partial charge in [-0.05, 0) is 92.9 Å². The van der Waals surface area contributed by atoms with Gasteiger partial charge in [0.05, 0.1) is 32.0 Å². The van der Waals surface area contributed by atoms with Gasteiger partial charge in [-0.1, -0.05) is 53.6 Å². The minimum atomic E-state index is -0.368. The van der Waals surface area contributed by atoms with Gasteiger partial charge in [-0.2, -0.15) is 0 Å². The number of aryl methyl sites for hydroxylation is 1. The Bertz CT molecular complexity index is 1500. The molecule has 0 amide bonds. The van der Waals surface area contributed by atoms with Crippen molar-refractivity contribution in [1.82, 2.24) is 4.90 Å². The molecule has 0 saturated heterocycles. The van der Waals surface area contributed by atoms with Crippen molar-refractivity contribution in [1.29, 1.82) is 0 Å². The van der Waals surface area contributed by atoms with Gasteiger partial charge in [0.25, 0.3) is 0 Å². The van der Waals surface area contributed by atoms with E-state index in [2.05, 4.69) is 4.90 Å². The topological polar surface area (TPSA) is 74.3 Å². The Labute approximate surface area is 274 Å². The van der Waals surface area contributed by atoms with Crippen LogP contribution in [0.4, 0.5) is 0 Å². The Hall–Kier alpha value is -3.69. The Morgan fingerprint density at radius 1 is 0.956 bits per heavy atom. The van der Waals surface area contributed by atoms with Crippen LogP contribution in [-0.4, -0.2) is 43.6 Å². The number of ether oxygens (including phenoxy) is 4. The minimum Gasteiger partial charge on any atom is -0.466 e. The second-order valence-corrected chi connectivity index (χ2v) is 12.2. The predicted molar refractivity (Wildman–Crippen MR) is 178 cm³/mol. The van der Waals surface area contributed by atoms with E-state index in [1.165, 1.54) is 12.7 Å². The normalized spacial score (nSPS) is 11.8. The number of methoxy groups -OCH3 is 1. The molecule has 0 bridgehead atoms. The Morgan fingerprint density at radius 2 is 1.73 bits per heavy atom. The molecule has 1 atom stereocenters. The number of esters is 2. The maximum atomic E-state index is 11.9. The van der Waals surface area contributed by atoms with Crippen molar-refractivity contribution < 1.29 is 28.5 Å². The first-order chi connectivity index (χ1) is 21.8. The maximum absolute atomic E-state index is 11.9. The number of carbonyl (C=O) groups excluding carboxylic acids is 2. The molecule has 3 aromatic carbocycles. The zero-order valence-electron chi connectivity index (χ0n) is 26.0. The van der Waals surface area contributed by atoms with Gasteiger partial charge in [-0.15, -0.1) is 11.3 Å². The second kappa shape index (κ2) is 17.7. The van der Waals surface area contributed by atoms with E-state index in [0.717, 1.165) is 46.2 Å². The van der Waals surface area contributed by atoms with Gasteiger partial charge < -0.3 is 18.9 Å². The lowest BCUT2D eigenvalue weighted by atomic mass is 10.1. The zero-order valence-corrected chi connectivity index (χ0v) is 27.6. The van der Waals surface area contributed by atoms with Crippen molar-refractivity contribution in [3.8, 4) is 10.8 Å². The third-order valence-corrected chi connectivity index (χ3v) is 8.31. The lowest BCUT2D eigenvalue weighted by molar-refractivity contribution is -0.143. The average Bonchev–Trinajstić information content (AvgIpc) is 3.49. The van der Waals surface area contributed by atoms with Crippen molar-refractivity contribution >= 4 is 34.9 Å². The molecule has 0 saturated carbocycles. The molecule has 0 unspecified atom stereocenters. The van der Waals surface area contributed by atoms with E-state index < -0.39 is 0 Å². The predicted octanol–water partition coefficient (Wildman–Crippen LogP) is 8.78. The number of carbonyl (C=O) groups is 2. The summed E-state index contributed by atoms with van der Waals surface area (Å²) >= 11 is 7.96. The van der Waals surface area contributed by atoms with Gasteiger partial charge in [-0.25, -0.2) is 4.79 Å². The lowest BCUT2D eigenvalue weighted by Crippen LogP contribution is -2.30. The fourth-order valence-corrected chi connectivity index (χ4v) is 5.78. The number of thiophene rings is 1. The number of rotatable bonds is 17. The first-order valence-corrected chi connectivity index (χ1v) is 16.3. The summed E-state index contributed by atoms with van der Waals surface area (Å²) in [6, 6.07) is 27.2. The molecule has 1 heterocycles. The van der Waals surface area contributed by atoms with E-state index in [9.17, 15) is 9.59 Å². The molecular formula is C36H40ClNO6S. The smallest absolute Gasteiger partial charge is 0.337 e. The van der Waals surface area contributed by atoms with Crippen LogP contribution >= 0.6 is 22.9 Å². The van der Waals surface area contributed by atoms with E-state index in [0.29, 0.717) is 43.3 Å². The molecular weight excluding hydrogens is 610 g/mol. The summed E-state index contributed by atoms with van der Waals surface area (Å²) in [6.45, 7) is 6.62. The third kappa shape index (κ3) is 11.3. The number of hydrogen-bond acceptors (Lipinski definition) is 8. The molecule has 0 spiro atoms. The standard InChI is InChI=1S/C36H40ClNO6S/c1-4-42-34(39)10-5-6-21-38(23-27-13-15-28(16-14-27)36(40)41-3)24-33(29-8-7-9-30(37)22-29)43-25-32-19-20-35(45-32)44-31-17-11-26(2)12-18-31/h7-9,11-20,22,33H,4-6,10,21,23-25H2,1-3H3/t33-/m0/s1. The summed E-state index contributed by atoms with van der Waals surface area (Å²) in [4.78, 5) is 27.2. The molecule has 0 N–H and O–H groups in total. The SMILES string of the molecule is CCOC(=O)CCCCN(Cc1ccc(C(=O)OC)cc1)C[C@H](OCc1ccc(Oc2ccc(C)cc2)s1)c1cccc(Cl)c1. The van der Waals surface area contributed by atoms with Crippen molar-refractivity contribution in [2.45, 2.75) is 52.4 Å². The lowest BCUT2D eigenvalue weighted by Gasteiger charge is -2.28. The van der Waals surface area contributed by atoms with Crippen LogP contribution in [0.5, 0.6) is 10.8 Å². The molecule has 7 nitrogen and oxygen atoms in total. The van der Waals surface area contributed by atoms with E-state index >= 15 is 0 Å². The second-order valence-electron chi connectivity index (χ2n) is 10.7. The molecule has 4 aromatic rings. The van der Waals surface area contributed by atoms with Crippen LogP contribution in [0.25, 0.3) is 0 Å². The van der Waals surface area contributed by atoms with Gasteiger partial charge in [-0.3, -0.25) is 9.69 Å². The average molecular weight is 650 g/mol. The first-order valence-electron chi connectivity index (χ1n) is 15.1. The molecule has 9 heteroatoms. The van der Waals surface area contributed by atoms with Crippen LogP contribution in [0.15, 0.2) is 84.9 Å². The molecule has 0 fully saturated rings. The number of nitrogens with zero attached hydrogens (tertiary/aromatic N) is 1. The summed E-state index contributed by atoms with van der Waals surface area (Å²) in [5.74, 6) is 0.252. The van der Waals surface area contributed by atoms with Gasteiger partial charge in [0.1, 0.15) is 5.75 Å². The van der Waals surface area contributed by atoms with Crippen LogP contribution in [-0.2, 0) is 32.2 Å². The monoisotopic (exact) mass is 649 g/mol. The molecule has 45 heavy (non-hydrogen) atoms. The van der Waals surface area contributed by atoms with Gasteiger partial charge in [0.2, 0.25) is 0 Å². The summed E-state index contributed by atoms with van der Waals surface area (Å²) in [5.41, 5.74) is 3.71. The highest BCUT2D eigenvalue weighted by Gasteiger charge is 2.19. The summed E-state index contributed by atoms with van der Waals surface area (Å²) in [5, 5.41) is 1.45. The zero-order chi connectivity index (χ0) is 32.0. The molecule has 4 rings (SSSR count). The Balaban J connectivity index is 1.47. The highest BCUT2D eigenvalue weighted by molar-refractivity contribution is 7.13. The van der Waals surface area contributed by atoms with Gasteiger partial charge in [0.15, 0.2) is 5.06 Å². The van der Waals surface area contributed by atoms with Gasteiger partial charge >= 0.3 is 11.9 Å². The molecule has 238 valence electrons. The molecule has 0 aliphatic heterocycles. The van der Waals surface area contributed by atoms with Crippen LogP contribution in [0.3, 0.4) is 0 Å². The van der Waals surface area contributed by atoms with Crippen LogP contribution in [0.2, 0.25) is 5.02 Å². The number of hydrogen-bond donors (Lipinski definition) is 0. The quantitative estimate of drug-likeness (QED) is 0.0836. The number of unbranched alkanes of at least 4 members (excludes halogenated alkanes) is 1. The van der Waals surface area contributed by atoms with Crippen LogP contribution < -0.4 is 4.74 Å². The summed E-state index contributed by atoms with van der Waals surface area (Å²) in [6.07, 6.45) is 1.64. The largest absolute Gasteiger partial charge is 0.466 e. The highest BCUT2D eigenvalue weighted by atomic mass is 35.5. The third-order valence-electron chi connectivity index (χ3n) is 7.14. The Kier molecular flexibility index (Phi) is 13.5. The first kappa shape index (κ1) is 34.2. The van der Waals surface area contributed by atoms with Crippen molar-refractivity contribution in [2.24, 2.45) is 0 Å². The van der Waals surface area contributed by atoms with E-state index in [1.807, 2.05) is 86.6 Å². The Morgan fingerprint density at radius 3 is 2.44 bits per heavy atom.